The van der Waals surface area contributed by atoms with Gasteiger partial charge in [-0.1, -0.05) is 36.4 Å². The van der Waals surface area contributed by atoms with Crippen molar-refractivity contribution in [1.82, 2.24) is 14.7 Å². The first-order chi connectivity index (χ1) is 14.5. The molecule has 8 heteroatoms. The van der Waals surface area contributed by atoms with Crippen molar-refractivity contribution in [2.24, 2.45) is 0 Å². The summed E-state index contributed by atoms with van der Waals surface area (Å²) in [4.78, 5) is 30.7. The summed E-state index contributed by atoms with van der Waals surface area (Å²) in [7, 11) is 2.12. The van der Waals surface area contributed by atoms with Gasteiger partial charge in [-0.25, -0.2) is 0 Å². The molecule has 3 aromatic rings. The average molecular weight is 403 g/mol. The second kappa shape index (κ2) is 7.07. The van der Waals surface area contributed by atoms with Gasteiger partial charge in [0.05, 0.1) is 0 Å². The number of hydrogen-bond acceptors (Lipinski definition) is 6. The first kappa shape index (κ1) is 18.5. The number of benzene rings is 2. The number of fused-ring (bicyclic) bond motifs is 2. The Balaban J connectivity index is 1.43. The molecule has 0 unspecified atom stereocenters. The molecule has 152 valence electrons. The summed E-state index contributed by atoms with van der Waals surface area (Å²) < 4.78 is 1.23. The monoisotopic (exact) mass is 403 g/mol. The molecule has 0 saturated carbocycles. The fourth-order valence-corrected chi connectivity index (χ4v) is 4.10. The summed E-state index contributed by atoms with van der Waals surface area (Å²) in [5, 5.41) is 16.3. The third-order valence-corrected chi connectivity index (χ3v) is 5.86. The van der Waals surface area contributed by atoms with E-state index in [2.05, 4.69) is 21.9 Å². The van der Waals surface area contributed by atoms with Gasteiger partial charge in [-0.05, 0) is 24.7 Å². The van der Waals surface area contributed by atoms with E-state index in [-0.39, 0.29) is 29.3 Å². The van der Waals surface area contributed by atoms with Crippen LogP contribution in [0.2, 0.25) is 0 Å². The molecule has 1 saturated heterocycles. The predicted molar refractivity (Wildman–Crippen MR) is 110 cm³/mol. The van der Waals surface area contributed by atoms with Crippen LogP contribution in [0.15, 0.2) is 48.5 Å². The molecule has 30 heavy (non-hydrogen) atoms. The molecule has 8 nitrogen and oxygen atoms in total. The minimum absolute atomic E-state index is 0.0526. The average Bonchev–Trinajstić information content (AvgIpc) is 3.10. The number of nitrogens with zero attached hydrogens (tertiary/aromatic N) is 5. The summed E-state index contributed by atoms with van der Waals surface area (Å²) in [6.07, 6.45) is 0. The van der Waals surface area contributed by atoms with Crippen molar-refractivity contribution in [1.29, 1.82) is 0 Å². The second-order valence-electron chi connectivity index (χ2n) is 7.77. The van der Waals surface area contributed by atoms with E-state index < -0.39 is 5.78 Å². The lowest BCUT2D eigenvalue weighted by atomic mass is 9.90. The molecule has 1 aliphatic carbocycles. The fraction of sp³-hybridized carbons (Fsp3) is 0.273. The van der Waals surface area contributed by atoms with Crippen molar-refractivity contribution >= 4 is 17.3 Å². The lowest BCUT2D eigenvalue weighted by molar-refractivity contribution is -0.748. The van der Waals surface area contributed by atoms with Gasteiger partial charge in [0.1, 0.15) is 6.54 Å². The van der Waals surface area contributed by atoms with Crippen LogP contribution in [-0.2, 0) is 6.54 Å². The van der Waals surface area contributed by atoms with Crippen molar-refractivity contribution in [2.75, 3.05) is 38.1 Å². The maximum absolute atomic E-state index is 13.0. The summed E-state index contributed by atoms with van der Waals surface area (Å²) in [5.41, 5.74) is 2.56. The highest BCUT2D eigenvalue weighted by Crippen LogP contribution is 2.26. The minimum Gasteiger partial charge on any atom is -0.571 e. The lowest BCUT2D eigenvalue weighted by Gasteiger charge is -2.34. The van der Waals surface area contributed by atoms with Crippen LogP contribution in [0.1, 0.15) is 37.7 Å². The number of likely N-dealkylation sites (N-methyl/N-ethyl adjacent to an activating group) is 1. The highest BCUT2D eigenvalue weighted by molar-refractivity contribution is 6.26. The highest BCUT2D eigenvalue weighted by atomic mass is 16.5. The molecule has 1 fully saturated rings. The van der Waals surface area contributed by atoms with E-state index in [1.807, 2.05) is 24.3 Å². The van der Waals surface area contributed by atoms with Crippen LogP contribution in [-0.4, -0.2) is 59.5 Å². The zero-order valence-corrected chi connectivity index (χ0v) is 16.6. The van der Waals surface area contributed by atoms with E-state index in [0.29, 0.717) is 10.5 Å². The van der Waals surface area contributed by atoms with Crippen LogP contribution in [0.3, 0.4) is 0 Å². The van der Waals surface area contributed by atoms with E-state index >= 15 is 0 Å². The smallest absolute Gasteiger partial charge is 0.220 e. The summed E-state index contributed by atoms with van der Waals surface area (Å²) in [6, 6.07) is 14.5. The van der Waals surface area contributed by atoms with Gasteiger partial charge in [0.2, 0.25) is 17.3 Å². The Kier molecular flexibility index (Phi) is 4.36. The van der Waals surface area contributed by atoms with Gasteiger partial charge >= 0.3 is 0 Å². The molecule has 0 amide bonds. The van der Waals surface area contributed by atoms with Gasteiger partial charge in [-0.3, -0.25) is 9.59 Å². The van der Waals surface area contributed by atoms with Gasteiger partial charge in [0.15, 0.2) is 5.69 Å². The number of anilines is 1. The lowest BCUT2D eigenvalue weighted by Crippen LogP contribution is -2.44. The molecule has 0 N–H and O–H groups in total. The largest absolute Gasteiger partial charge is 0.571 e. The summed E-state index contributed by atoms with van der Waals surface area (Å²) in [5.74, 6) is -0.745. The van der Waals surface area contributed by atoms with E-state index in [4.69, 9.17) is 0 Å². The van der Waals surface area contributed by atoms with E-state index in [0.717, 1.165) is 37.4 Å². The molecule has 0 bridgehead atoms. The summed E-state index contributed by atoms with van der Waals surface area (Å²) in [6.45, 7) is 4.16. The van der Waals surface area contributed by atoms with Crippen molar-refractivity contribution in [3.63, 3.8) is 0 Å². The quantitative estimate of drug-likeness (QED) is 0.376. The van der Waals surface area contributed by atoms with Crippen LogP contribution in [0.25, 0.3) is 0 Å². The molecule has 0 atom stereocenters. The topological polar surface area (TPSA) is 85.4 Å². The number of ketones is 2. The molecular weight excluding hydrogens is 382 g/mol. The number of aromatic nitrogens is 3. The van der Waals surface area contributed by atoms with Gasteiger partial charge in [0.25, 0.3) is 0 Å². The number of carbonyl (C=O) groups is 2. The van der Waals surface area contributed by atoms with Crippen molar-refractivity contribution in [3.8, 4) is 0 Å². The number of piperazine rings is 1. The van der Waals surface area contributed by atoms with E-state index in [9.17, 15) is 14.8 Å². The number of rotatable bonds is 3. The van der Waals surface area contributed by atoms with Gasteiger partial charge < -0.3 is 15.0 Å². The third kappa shape index (κ3) is 2.96. The Hall–Kier alpha value is -3.52. The summed E-state index contributed by atoms with van der Waals surface area (Å²) >= 11 is 0. The molecule has 0 radical (unpaired) electrons. The van der Waals surface area contributed by atoms with E-state index in [1.165, 1.54) is 4.68 Å². The zero-order valence-electron chi connectivity index (χ0n) is 16.6. The Bertz CT molecular complexity index is 1140. The van der Waals surface area contributed by atoms with Crippen molar-refractivity contribution in [2.45, 2.75) is 6.54 Å². The molecule has 2 aromatic carbocycles. The second-order valence-corrected chi connectivity index (χ2v) is 7.77. The SMILES string of the molecule is CN1CCN(c2ccc(Cn3c4c(n[n+]3[O-])C(=O)c3ccccc3C4=O)cc2)CC1. The molecule has 5 rings (SSSR count). The minimum atomic E-state index is -0.394. The molecule has 0 spiro atoms. The first-order valence-corrected chi connectivity index (χ1v) is 9.94. The molecule has 2 aliphatic rings. The van der Waals surface area contributed by atoms with Crippen LogP contribution in [0, 0.1) is 5.21 Å². The number of hydrogen-bond donors (Lipinski definition) is 0. The first-order valence-electron chi connectivity index (χ1n) is 9.94. The zero-order chi connectivity index (χ0) is 20.8. The number of carbonyl (C=O) groups excluding carboxylic acids is 2. The van der Waals surface area contributed by atoms with Crippen LogP contribution < -0.4 is 9.86 Å². The fourth-order valence-electron chi connectivity index (χ4n) is 4.10. The van der Waals surface area contributed by atoms with Gasteiger partial charge in [-0.2, -0.15) is 0 Å². The predicted octanol–water partition coefficient (Wildman–Crippen LogP) is 1.09. The molecule has 1 aliphatic heterocycles. The standard InChI is InChI=1S/C22H21N5O3/c1-24-10-12-25(13-11-24)16-8-6-15(7-9-16)14-26-20-19(23-27(26)30)21(28)17-4-2-3-5-18(17)22(20)29/h2-9H,10-14H2,1H3. The van der Waals surface area contributed by atoms with Crippen molar-refractivity contribution < 1.29 is 14.5 Å². The van der Waals surface area contributed by atoms with Crippen LogP contribution in [0.4, 0.5) is 5.69 Å². The van der Waals surface area contributed by atoms with Gasteiger partial charge in [0, 0.05) is 53.1 Å². The molecule has 1 aromatic heterocycles. The van der Waals surface area contributed by atoms with Crippen molar-refractivity contribution in [3.05, 3.63) is 81.8 Å². The van der Waals surface area contributed by atoms with E-state index in [1.54, 1.807) is 24.3 Å². The highest BCUT2D eigenvalue weighted by Gasteiger charge is 2.39. The van der Waals surface area contributed by atoms with Gasteiger partial charge in [-0.15, -0.1) is 4.68 Å². The maximum atomic E-state index is 13.0. The van der Waals surface area contributed by atoms with Crippen LogP contribution >= 0.6 is 0 Å². The maximum Gasteiger partial charge on any atom is 0.220 e. The molecule has 2 heterocycles. The Morgan fingerprint density at radius 3 is 2.23 bits per heavy atom. The Morgan fingerprint density at radius 2 is 1.57 bits per heavy atom. The Morgan fingerprint density at radius 1 is 0.933 bits per heavy atom. The molecular formula is C22H21N5O3. The normalized spacial score (nSPS) is 16.5. The third-order valence-electron chi connectivity index (χ3n) is 5.86. The Labute approximate surface area is 173 Å². The van der Waals surface area contributed by atoms with Crippen LogP contribution in [0.5, 0.6) is 0 Å².